The van der Waals surface area contributed by atoms with Crippen molar-refractivity contribution in [3.63, 3.8) is 0 Å². The maximum absolute atomic E-state index is 11.6. The number of carbonyl (C=O) groups is 6. The van der Waals surface area contributed by atoms with Crippen LogP contribution in [0.15, 0.2) is 19.5 Å². The quantitative estimate of drug-likeness (QED) is 0.234. The van der Waals surface area contributed by atoms with E-state index in [0.717, 1.165) is 9.80 Å². The van der Waals surface area contributed by atoms with Crippen molar-refractivity contribution in [2.24, 2.45) is 0 Å². The van der Waals surface area contributed by atoms with Gasteiger partial charge in [0, 0.05) is 32.0 Å². The smallest absolute Gasteiger partial charge is 0.303 e. The Morgan fingerprint density at radius 1 is 0.676 bits per heavy atom. The molecule has 0 spiro atoms. The van der Waals surface area contributed by atoms with E-state index in [0.29, 0.717) is 51.6 Å². The lowest BCUT2D eigenvalue weighted by atomic mass is 10.2. The summed E-state index contributed by atoms with van der Waals surface area (Å²) in [4.78, 5) is 68.6. The lowest BCUT2D eigenvalue weighted by Gasteiger charge is -2.13. The van der Waals surface area contributed by atoms with Crippen molar-refractivity contribution in [3.05, 3.63) is 19.5 Å². The average molecular weight is 675 g/mol. The first-order chi connectivity index (χ1) is 15.5. The molecular weight excluding hydrogens is 648 g/mol. The van der Waals surface area contributed by atoms with Gasteiger partial charge in [0.25, 0.3) is 23.6 Å². The zero-order chi connectivity index (χ0) is 25.1. The van der Waals surface area contributed by atoms with E-state index in [2.05, 4.69) is 47.8 Å². The molecule has 190 valence electrons. The first-order valence-electron chi connectivity index (χ1n) is 10.1. The fraction of sp³-hybridized carbons (Fsp3) is 0.524. The van der Waals surface area contributed by atoms with Crippen LogP contribution in [0.25, 0.3) is 0 Å². The van der Waals surface area contributed by atoms with E-state index < -0.39 is 11.9 Å². The molecule has 2 N–H and O–H groups in total. The predicted octanol–water partition coefficient (Wildman–Crippen LogP) is 3.92. The predicted molar refractivity (Wildman–Crippen MR) is 134 cm³/mol. The lowest BCUT2D eigenvalue weighted by molar-refractivity contribution is -0.138. The number of hydrogen-bond donors (Lipinski definition) is 2. The van der Waals surface area contributed by atoms with Crippen molar-refractivity contribution in [2.45, 2.75) is 58.8 Å². The summed E-state index contributed by atoms with van der Waals surface area (Å²) in [7, 11) is 0. The number of imide groups is 2. The van der Waals surface area contributed by atoms with Crippen LogP contribution in [-0.4, -0.2) is 68.7 Å². The van der Waals surface area contributed by atoms with Gasteiger partial charge in [0.05, 0.1) is 4.48 Å². The normalized spacial score (nSPS) is 15.3. The molecule has 0 aromatic rings. The van der Waals surface area contributed by atoms with Crippen LogP contribution in [0.4, 0.5) is 0 Å². The number of amides is 4. The van der Waals surface area contributed by atoms with Crippen molar-refractivity contribution in [1.29, 1.82) is 0 Å². The van der Waals surface area contributed by atoms with Gasteiger partial charge in [-0.1, -0.05) is 20.3 Å². The third kappa shape index (κ3) is 10.2. The summed E-state index contributed by atoms with van der Waals surface area (Å²) >= 11 is 9.07. The molecule has 4 amide bonds. The fourth-order valence-corrected chi connectivity index (χ4v) is 4.03. The zero-order valence-electron chi connectivity index (χ0n) is 17.5. The number of carboxylic acids is 2. The number of carboxylic acid groups (broad SMARTS) is 2. The van der Waals surface area contributed by atoms with E-state index in [4.69, 9.17) is 10.2 Å². The van der Waals surface area contributed by atoms with Gasteiger partial charge in [0.15, 0.2) is 0 Å². The van der Waals surface area contributed by atoms with Gasteiger partial charge in [-0.25, -0.2) is 0 Å². The minimum Gasteiger partial charge on any atom is -0.481 e. The Morgan fingerprint density at radius 3 is 1.44 bits per heavy atom. The Labute approximate surface area is 222 Å². The highest BCUT2D eigenvalue weighted by Crippen LogP contribution is 2.29. The molecule has 0 aromatic carbocycles. The van der Waals surface area contributed by atoms with E-state index in [1.165, 1.54) is 6.08 Å². The number of unbranched alkanes of at least 4 members (excludes halogenated alkanes) is 4. The molecule has 2 rings (SSSR count). The van der Waals surface area contributed by atoms with Crippen LogP contribution < -0.4 is 0 Å². The Balaban J connectivity index is 0.000000623. The number of halogens is 3. The zero-order valence-corrected chi connectivity index (χ0v) is 22.3. The Morgan fingerprint density at radius 2 is 1.09 bits per heavy atom. The van der Waals surface area contributed by atoms with Gasteiger partial charge in [-0.15, -0.1) is 0 Å². The second-order valence-corrected chi connectivity index (χ2v) is 9.53. The molecule has 2 aliphatic heterocycles. The van der Waals surface area contributed by atoms with Crippen LogP contribution in [0, 0.1) is 0 Å². The number of rotatable bonds is 12. The van der Waals surface area contributed by atoms with E-state index in [-0.39, 0.29) is 57.3 Å². The number of hydrogen-bond acceptors (Lipinski definition) is 6. The standard InChI is InChI=1S/C10H11Br2NO4.C10H12BrNO4.CH4/c11-7-8(12)10(17)13(9(7)16)5-3-1-2-4-6(14)15;11-7-6-8(13)12(10(7)16)5-3-1-2-4-9(14)15;/h1-5H2,(H,14,15);6H,1-5H2,(H,14,15);1H4. The summed E-state index contributed by atoms with van der Waals surface area (Å²) in [5, 5.41) is 16.9. The first-order valence-corrected chi connectivity index (χ1v) is 12.4. The van der Waals surface area contributed by atoms with Crippen molar-refractivity contribution >= 4 is 83.4 Å². The summed E-state index contributed by atoms with van der Waals surface area (Å²) in [6.45, 7) is 0.671. The minimum atomic E-state index is -0.828. The van der Waals surface area contributed by atoms with Crippen LogP contribution in [0.2, 0.25) is 0 Å². The topological polar surface area (TPSA) is 149 Å². The monoisotopic (exact) mass is 672 g/mol. The Kier molecular flexibility index (Phi) is 15.1. The summed E-state index contributed by atoms with van der Waals surface area (Å²) in [5.41, 5.74) is 0. The van der Waals surface area contributed by atoms with Crippen LogP contribution >= 0.6 is 47.8 Å². The molecule has 0 aromatic heterocycles. The minimum absolute atomic E-state index is 0. The largest absolute Gasteiger partial charge is 0.481 e. The van der Waals surface area contributed by atoms with Crippen molar-refractivity contribution in [3.8, 4) is 0 Å². The SMILES string of the molecule is C.O=C(O)CCCCCN1C(=O)C(Br)=C(Br)C1=O.O=C(O)CCCCCN1C(=O)C=C(Br)C1=O. The lowest BCUT2D eigenvalue weighted by Crippen LogP contribution is -2.32. The summed E-state index contributed by atoms with van der Waals surface area (Å²) in [5.74, 6) is -2.97. The van der Waals surface area contributed by atoms with Crippen LogP contribution in [0.1, 0.15) is 58.8 Å². The average Bonchev–Trinajstić information content (AvgIpc) is 3.09. The van der Waals surface area contributed by atoms with Gasteiger partial charge in [-0.05, 0) is 73.5 Å². The van der Waals surface area contributed by atoms with Gasteiger partial charge in [-0.3, -0.25) is 38.6 Å². The van der Waals surface area contributed by atoms with Crippen molar-refractivity contribution in [2.75, 3.05) is 13.1 Å². The van der Waals surface area contributed by atoms with Crippen LogP contribution in [0.5, 0.6) is 0 Å². The van der Waals surface area contributed by atoms with Gasteiger partial charge >= 0.3 is 11.9 Å². The van der Waals surface area contributed by atoms with Crippen LogP contribution in [0.3, 0.4) is 0 Å². The third-order valence-electron chi connectivity index (χ3n) is 4.57. The van der Waals surface area contributed by atoms with Gasteiger partial charge in [0.1, 0.15) is 8.96 Å². The molecular formula is C21H27Br3N2O8. The van der Waals surface area contributed by atoms with Gasteiger partial charge in [0.2, 0.25) is 0 Å². The molecule has 13 heteroatoms. The van der Waals surface area contributed by atoms with E-state index >= 15 is 0 Å². The molecule has 0 unspecified atom stereocenters. The molecule has 2 heterocycles. The molecule has 0 saturated heterocycles. The highest BCUT2D eigenvalue weighted by molar-refractivity contribution is 9.14. The third-order valence-corrected chi connectivity index (χ3v) is 7.14. The summed E-state index contributed by atoms with van der Waals surface area (Å²) in [6.07, 6.45) is 5.25. The molecule has 0 saturated carbocycles. The second kappa shape index (κ2) is 15.9. The molecule has 0 bridgehead atoms. The molecule has 0 fully saturated rings. The molecule has 0 aliphatic carbocycles. The number of aliphatic carboxylic acids is 2. The van der Waals surface area contributed by atoms with Crippen molar-refractivity contribution in [1.82, 2.24) is 9.80 Å². The summed E-state index contributed by atoms with van der Waals surface area (Å²) in [6, 6.07) is 0. The van der Waals surface area contributed by atoms with Crippen LogP contribution in [-0.2, 0) is 28.8 Å². The number of nitrogens with zero attached hydrogens (tertiary/aromatic N) is 2. The van der Waals surface area contributed by atoms with Crippen molar-refractivity contribution < 1.29 is 39.0 Å². The highest BCUT2D eigenvalue weighted by Gasteiger charge is 2.35. The molecule has 2 aliphatic rings. The first kappa shape index (κ1) is 32.1. The van der Waals surface area contributed by atoms with E-state index in [9.17, 15) is 28.8 Å². The fourth-order valence-electron chi connectivity index (χ4n) is 2.85. The number of carbonyl (C=O) groups excluding carboxylic acids is 4. The highest BCUT2D eigenvalue weighted by atomic mass is 79.9. The molecule has 34 heavy (non-hydrogen) atoms. The van der Waals surface area contributed by atoms with Gasteiger partial charge < -0.3 is 10.2 Å². The van der Waals surface area contributed by atoms with E-state index in [1.807, 2.05) is 0 Å². The molecule has 10 nitrogen and oxygen atoms in total. The van der Waals surface area contributed by atoms with Gasteiger partial charge in [-0.2, -0.15) is 0 Å². The molecule has 0 radical (unpaired) electrons. The Bertz CT molecular complexity index is 861. The Hall–Kier alpha value is -1.86. The maximum atomic E-state index is 11.6. The second-order valence-electron chi connectivity index (χ2n) is 7.09. The maximum Gasteiger partial charge on any atom is 0.303 e. The van der Waals surface area contributed by atoms with E-state index in [1.54, 1.807) is 0 Å². The molecule has 0 atom stereocenters. The summed E-state index contributed by atoms with van der Waals surface area (Å²) < 4.78 is 0.768.